The maximum absolute atomic E-state index is 12.1. The maximum atomic E-state index is 12.1. The lowest BCUT2D eigenvalue weighted by atomic mass is 10.0. The summed E-state index contributed by atoms with van der Waals surface area (Å²) in [6.45, 7) is 0.452. The molecule has 0 radical (unpaired) electrons. The standard InChI is InChI=1S/C7H7F3N2/c1-3-4-12-6(2,5-11)7(8,9)10/h1,12H,4H2,2H3. The van der Waals surface area contributed by atoms with Gasteiger partial charge in [-0.15, -0.1) is 6.42 Å². The maximum Gasteiger partial charge on any atom is 0.419 e. The first-order valence-electron chi connectivity index (χ1n) is 3.04. The van der Waals surface area contributed by atoms with Gasteiger partial charge in [0.2, 0.25) is 5.54 Å². The number of nitriles is 1. The molecule has 5 heteroatoms. The molecule has 0 saturated carbocycles. The van der Waals surface area contributed by atoms with Crippen molar-refractivity contribution >= 4 is 0 Å². The number of nitrogens with zero attached hydrogens (tertiary/aromatic N) is 1. The van der Waals surface area contributed by atoms with Crippen molar-refractivity contribution in [2.24, 2.45) is 0 Å². The minimum atomic E-state index is -4.61. The number of terminal acetylenes is 1. The van der Waals surface area contributed by atoms with Crippen LogP contribution in [0.1, 0.15) is 6.92 Å². The molecule has 0 heterocycles. The van der Waals surface area contributed by atoms with Crippen molar-refractivity contribution in [2.75, 3.05) is 6.54 Å². The average Bonchev–Trinajstić information content (AvgIpc) is 1.98. The van der Waals surface area contributed by atoms with Crippen molar-refractivity contribution in [1.82, 2.24) is 5.32 Å². The van der Waals surface area contributed by atoms with E-state index in [9.17, 15) is 13.2 Å². The number of hydrogen-bond acceptors (Lipinski definition) is 2. The molecule has 0 saturated heterocycles. The smallest absolute Gasteiger partial charge is 0.281 e. The summed E-state index contributed by atoms with van der Waals surface area (Å²) in [4.78, 5) is 0. The van der Waals surface area contributed by atoms with Crippen LogP contribution in [0.25, 0.3) is 0 Å². The van der Waals surface area contributed by atoms with E-state index in [1.807, 2.05) is 11.2 Å². The van der Waals surface area contributed by atoms with Crippen molar-refractivity contribution < 1.29 is 13.2 Å². The fourth-order valence-electron chi connectivity index (χ4n) is 0.431. The summed E-state index contributed by atoms with van der Waals surface area (Å²) >= 11 is 0. The highest BCUT2D eigenvalue weighted by Gasteiger charge is 2.51. The second-order valence-electron chi connectivity index (χ2n) is 2.29. The summed E-state index contributed by atoms with van der Waals surface area (Å²) in [5.41, 5.74) is -2.56. The molecule has 0 aromatic heterocycles. The van der Waals surface area contributed by atoms with Gasteiger partial charge in [0, 0.05) is 0 Å². The van der Waals surface area contributed by atoms with Crippen LogP contribution >= 0.6 is 0 Å². The van der Waals surface area contributed by atoms with Gasteiger partial charge in [0.05, 0.1) is 12.6 Å². The first-order chi connectivity index (χ1) is 5.37. The molecule has 0 spiro atoms. The normalized spacial score (nSPS) is 15.8. The Morgan fingerprint density at radius 2 is 2.00 bits per heavy atom. The molecule has 0 aliphatic rings. The molecule has 1 unspecified atom stereocenters. The van der Waals surface area contributed by atoms with Crippen LogP contribution in [0.2, 0.25) is 0 Å². The molecule has 0 aromatic rings. The van der Waals surface area contributed by atoms with E-state index in [0.717, 1.165) is 13.0 Å². The highest BCUT2D eigenvalue weighted by atomic mass is 19.4. The Hall–Kier alpha value is -1.20. The summed E-state index contributed by atoms with van der Waals surface area (Å²) in [7, 11) is 0. The Morgan fingerprint density at radius 3 is 2.25 bits per heavy atom. The Balaban J connectivity index is 4.52. The molecule has 0 aliphatic carbocycles. The number of alkyl halides is 3. The lowest BCUT2D eigenvalue weighted by Crippen LogP contribution is -2.53. The Labute approximate surface area is 68.4 Å². The zero-order valence-electron chi connectivity index (χ0n) is 6.37. The van der Waals surface area contributed by atoms with Gasteiger partial charge in [0.25, 0.3) is 0 Å². The Bertz CT molecular complexity index is 233. The molecule has 0 amide bonds. The van der Waals surface area contributed by atoms with Crippen molar-refractivity contribution in [3.05, 3.63) is 0 Å². The lowest BCUT2D eigenvalue weighted by Gasteiger charge is -2.24. The minimum absolute atomic E-state index is 0.288. The molecular weight excluding hydrogens is 169 g/mol. The van der Waals surface area contributed by atoms with Crippen LogP contribution in [-0.2, 0) is 0 Å². The number of rotatable bonds is 2. The zero-order chi connectivity index (χ0) is 9.83. The van der Waals surface area contributed by atoms with Gasteiger partial charge in [-0.05, 0) is 6.92 Å². The van der Waals surface area contributed by atoms with Gasteiger partial charge in [-0.25, -0.2) is 0 Å². The summed E-state index contributed by atoms with van der Waals surface area (Å²) in [5.74, 6) is 1.97. The summed E-state index contributed by atoms with van der Waals surface area (Å²) in [6, 6.07) is 1.12. The van der Waals surface area contributed by atoms with E-state index < -0.39 is 11.7 Å². The molecule has 66 valence electrons. The fourth-order valence-corrected chi connectivity index (χ4v) is 0.431. The highest BCUT2D eigenvalue weighted by molar-refractivity contribution is 5.10. The van der Waals surface area contributed by atoms with E-state index in [0.29, 0.717) is 0 Å². The molecular formula is C7H7F3N2. The first kappa shape index (κ1) is 10.8. The van der Waals surface area contributed by atoms with Crippen LogP contribution in [0.4, 0.5) is 13.2 Å². The highest BCUT2D eigenvalue weighted by Crippen LogP contribution is 2.28. The van der Waals surface area contributed by atoms with Crippen LogP contribution in [0, 0.1) is 23.7 Å². The lowest BCUT2D eigenvalue weighted by molar-refractivity contribution is -0.173. The van der Waals surface area contributed by atoms with Gasteiger partial charge in [-0.3, -0.25) is 5.32 Å². The van der Waals surface area contributed by atoms with Gasteiger partial charge in [-0.1, -0.05) is 5.92 Å². The predicted octanol–water partition coefficient (Wildman–Crippen LogP) is 1.05. The molecule has 1 atom stereocenters. The SMILES string of the molecule is C#CCNC(C)(C#N)C(F)(F)F. The average molecular weight is 176 g/mol. The van der Waals surface area contributed by atoms with Gasteiger partial charge in [0.15, 0.2) is 0 Å². The van der Waals surface area contributed by atoms with Gasteiger partial charge in [0.1, 0.15) is 0 Å². The molecule has 12 heavy (non-hydrogen) atoms. The number of halogens is 3. The summed E-state index contributed by atoms with van der Waals surface area (Å²) in [6.07, 6.45) is 0.132. The molecule has 1 N–H and O–H groups in total. The van der Waals surface area contributed by atoms with E-state index in [1.165, 1.54) is 0 Å². The van der Waals surface area contributed by atoms with E-state index in [1.54, 1.807) is 0 Å². The third kappa shape index (κ3) is 2.14. The van der Waals surface area contributed by atoms with Crippen molar-refractivity contribution in [3.63, 3.8) is 0 Å². The van der Waals surface area contributed by atoms with Crippen LogP contribution in [-0.4, -0.2) is 18.3 Å². The van der Waals surface area contributed by atoms with Gasteiger partial charge >= 0.3 is 6.18 Å². The van der Waals surface area contributed by atoms with Crippen molar-refractivity contribution in [3.8, 4) is 18.4 Å². The van der Waals surface area contributed by atoms with Crippen molar-refractivity contribution in [2.45, 2.75) is 18.6 Å². The molecule has 0 rings (SSSR count). The largest absolute Gasteiger partial charge is 0.419 e. The van der Waals surface area contributed by atoms with Crippen LogP contribution < -0.4 is 5.32 Å². The Morgan fingerprint density at radius 1 is 1.50 bits per heavy atom. The molecule has 2 nitrogen and oxygen atoms in total. The Kier molecular flexibility index (Phi) is 3.12. The summed E-state index contributed by atoms with van der Waals surface area (Å²) < 4.78 is 36.2. The molecule has 0 aliphatic heterocycles. The van der Waals surface area contributed by atoms with Crippen LogP contribution in [0.15, 0.2) is 0 Å². The monoisotopic (exact) mass is 176 g/mol. The first-order valence-corrected chi connectivity index (χ1v) is 3.04. The number of nitrogens with one attached hydrogen (secondary N) is 1. The second kappa shape index (κ2) is 3.46. The van der Waals surface area contributed by atoms with E-state index in [-0.39, 0.29) is 6.54 Å². The van der Waals surface area contributed by atoms with Gasteiger partial charge in [-0.2, -0.15) is 18.4 Å². The van der Waals surface area contributed by atoms with E-state index >= 15 is 0 Å². The predicted molar refractivity (Wildman–Crippen MR) is 36.9 cm³/mol. The van der Waals surface area contributed by atoms with E-state index in [2.05, 4.69) is 0 Å². The quantitative estimate of drug-likeness (QED) is 0.638. The van der Waals surface area contributed by atoms with Crippen LogP contribution in [0.5, 0.6) is 0 Å². The minimum Gasteiger partial charge on any atom is -0.281 e. The van der Waals surface area contributed by atoms with E-state index in [4.69, 9.17) is 11.7 Å². The topological polar surface area (TPSA) is 35.8 Å². The fraction of sp³-hybridized carbons (Fsp3) is 0.571. The van der Waals surface area contributed by atoms with Crippen LogP contribution in [0.3, 0.4) is 0 Å². The van der Waals surface area contributed by atoms with Gasteiger partial charge < -0.3 is 0 Å². The number of hydrogen-bond donors (Lipinski definition) is 1. The second-order valence-corrected chi connectivity index (χ2v) is 2.29. The van der Waals surface area contributed by atoms with Crippen molar-refractivity contribution in [1.29, 1.82) is 5.26 Å². The summed E-state index contributed by atoms with van der Waals surface area (Å²) in [5, 5.41) is 10.2. The molecule has 0 fully saturated rings. The molecule has 0 aromatic carbocycles. The zero-order valence-corrected chi connectivity index (χ0v) is 6.37. The third-order valence-corrected chi connectivity index (χ3v) is 1.33. The third-order valence-electron chi connectivity index (χ3n) is 1.33. The molecule has 0 bridgehead atoms.